The van der Waals surface area contributed by atoms with Crippen LogP contribution in [-0.2, 0) is 23.8 Å². The summed E-state index contributed by atoms with van der Waals surface area (Å²) in [5.41, 5.74) is -0.394. The van der Waals surface area contributed by atoms with E-state index in [2.05, 4.69) is 8.92 Å². The summed E-state index contributed by atoms with van der Waals surface area (Å²) in [4.78, 5) is 11.4. The molecule has 1 atom stereocenters. The van der Waals surface area contributed by atoms with Gasteiger partial charge in [0.15, 0.2) is 0 Å². The average molecular weight is 357 g/mol. The Morgan fingerprint density at radius 3 is 2.55 bits per heavy atom. The minimum absolute atomic E-state index is 0.101. The molecule has 5 nitrogen and oxygen atoms in total. The van der Waals surface area contributed by atoms with E-state index in [0.29, 0.717) is 0 Å². The van der Waals surface area contributed by atoms with Crippen LogP contribution < -0.4 is 0 Å². The van der Waals surface area contributed by atoms with Gasteiger partial charge in [0.2, 0.25) is 0 Å². The van der Waals surface area contributed by atoms with Gasteiger partial charge in [0.1, 0.15) is 11.6 Å². The lowest BCUT2D eigenvalue weighted by atomic mass is 9.92. The van der Waals surface area contributed by atoms with Crippen molar-refractivity contribution < 1.29 is 30.9 Å². The standard InChI is InChI=1S/C13H15ClF2O5S/c1-20-11(17)7-8(5-6-21-22(2,18)19)12-10(15)4-3-9(14)13(12)16/h3-4,8H,5-7H2,1-2H3. The van der Waals surface area contributed by atoms with Gasteiger partial charge in [-0.3, -0.25) is 8.98 Å². The van der Waals surface area contributed by atoms with E-state index in [-0.39, 0.29) is 24.5 Å². The Bertz CT molecular complexity index is 648. The molecule has 0 saturated carbocycles. The fourth-order valence-electron chi connectivity index (χ4n) is 1.89. The lowest BCUT2D eigenvalue weighted by molar-refractivity contribution is -0.141. The summed E-state index contributed by atoms with van der Waals surface area (Å²) in [5, 5.41) is -0.296. The lowest BCUT2D eigenvalue weighted by Crippen LogP contribution is -2.15. The maximum Gasteiger partial charge on any atom is 0.306 e. The highest BCUT2D eigenvalue weighted by Gasteiger charge is 2.25. The Balaban J connectivity index is 3.05. The van der Waals surface area contributed by atoms with Gasteiger partial charge in [0.25, 0.3) is 10.1 Å². The van der Waals surface area contributed by atoms with Crippen LogP contribution in [0, 0.1) is 11.6 Å². The van der Waals surface area contributed by atoms with Crippen molar-refractivity contribution >= 4 is 27.7 Å². The van der Waals surface area contributed by atoms with Gasteiger partial charge in [0, 0.05) is 11.5 Å². The van der Waals surface area contributed by atoms with Crippen LogP contribution in [-0.4, -0.2) is 34.4 Å². The van der Waals surface area contributed by atoms with Crippen molar-refractivity contribution in [2.24, 2.45) is 0 Å². The number of carbonyl (C=O) groups is 1. The molecule has 0 heterocycles. The van der Waals surface area contributed by atoms with Crippen LogP contribution in [0.3, 0.4) is 0 Å². The van der Waals surface area contributed by atoms with E-state index in [1.54, 1.807) is 0 Å². The molecule has 1 rings (SSSR count). The minimum Gasteiger partial charge on any atom is -0.469 e. The molecule has 0 aliphatic carbocycles. The maximum atomic E-state index is 14.0. The zero-order valence-electron chi connectivity index (χ0n) is 11.9. The Morgan fingerprint density at radius 2 is 2.00 bits per heavy atom. The van der Waals surface area contributed by atoms with Gasteiger partial charge < -0.3 is 4.74 Å². The van der Waals surface area contributed by atoms with Crippen LogP contribution in [0.1, 0.15) is 24.3 Å². The van der Waals surface area contributed by atoms with Gasteiger partial charge in [-0.1, -0.05) is 11.6 Å². The quantitative estimate of drug-likeness (QED) is 0.427. The number of hydrogen-bond donors (Lipinski definition) is 0. The molecule has 0 aliphatic heterocycles. The van der Waals surface area contributed by atoms with Crippen LogP contribution >= 0.6 is 11.6 Å². The summed E-state index contributed by atoms with van der Waals surface area (Å²) in [5.74, 6) is -3.53. The predicted octanol–water partition coefficient (Wildman–Crippen LogP) is 2.63. The highest BCUT2D eigenvalue weighted by Crippen LogP contribution is 2.32. The van der Waals surface area contributed by atoms with Crippen molar-refractivity contribution in [1.82, 2.24) is 0 Å². The Labute approximate surface area is 132 Å². The van der Waals surface area contributed by atoms with Crippen LogP contribution in [0.2, 0.25) is 5.02 Å². The van der Waals surface area contributed by atoms with E-state index in [9.17, 15) is 22.0 Å². The molecule has 1 aromatic carbocycles. The highest BCUT2D eigenvalue weighted by atomic mass is 35.5. The van der Waals surface area contributed by atoms with Gasteiger partial charge in [-0.15, -0.1) is 0 Å². The molecule has 0 radical (unpaired) electrons. The van der Waals surface area contributed by atoms with Crippen molar-refractivity contribution in [3.05, 3.63) is 34.4 Å². The molecule has 0 N–H and O–H groups in total. The second-order valence-electron chi connectivity index (χ2n) is 4.55. The molecule has 22 heavy (non-hydrogen) atoms. The topological polar surface area (TPSA) is 69.7 Å². The van der Waals surface area contributed by atoms with Gasteiger partial charge in [-0.25, -0.2) is 8.78 Å². The molecule has 0 bridgehead atoms. The van der Waals surface area contributed by atoms with E-state index in [0.717, 1.165) is 25.5 Å². The molecule has 0 amide bonds. The summed E-state index contributed by atoms with van der Waals surface area (Å²) in [6.07, 6.45) is 0.414. The molecule has 9 heteroatoms. The molecule has 1 aromatic rings. The van der Waals surface area contributed by atoms with E-state index >= 15 is 0 Å². The lowest BCUT2D eigenvalue weighted by Gasteiger charge is -2.18. The van der Waals surface area contributed by atoms with Crippen molar-refractivity contribution in [3.63, 3.8) is 0 Å². The first-order valence-corrected chi connectivity index (χ1v) is 8.39. The SMILES string of the molecule is COC(=O)CC(CCOS(C)(=O)=O)c1c(F)ccc(Cl)c1F. The first kappa shape index (κ1) is 18.8. The van der Waals surface area contributed by atoms with Gasteiger partial charge in [-0.2, -0.15) is 8.42 Å². The first-order valence-electron chi connectivity index (χ1n) is 6.20. The Kier molecular flexibility index (Phi) is 6.70. The van der Waals surface area contributed by atoms with Crippen molar-refractivity contribution in [1.29, 1.82) is 0 Å². The monoisotopic (exact) mass is 356 g/mol. The summed E-state index contributed by atoms with van der Waals surface area (Å²) in [6.45, 7) is -0.327. The van der Waals surface area contributed by atoms with E-state index < -0.39 is 39.2 Å². The molecule has 0 aromatic heterocycles. The van der Waals surface area contributed by atoms with E-state index in [1.165, 1.54) is 0 Å². The number of halogens is 3. The third kappa shape index (κ3) is 5.51. The van der Waals surface area contributed by atoms with E-state index in [1.807, 2.05) is 0 Å². The largest absolute Gasteiger partial charge is 0.469 e. The van der Waals surface area contributed by atoms with Gasteiger partial charge >= 0.3 is 5.97 Å². The zero-order valence-corrected chi connectivity index (χ0v) is 13.5. The number of benzene rings is 1. The van der Waals surface area contributed by atoms with Gasteiger partial charge in [-0.05, 0) is 18.6 Å². The number of hydrogen-bond acceptors (Lipinski definition) is 5. The van der Waals surface area contributed by atoms with Crippen LogP contribution in [0.25, 0.3) is 0 Å². The molecule has 0 spiro atoms. The minimum atomic E-state index is -3.69. The zero-order chi connectivity index (χ0) is 16.9. The van der Waals surface area contributed by atoms with Crippen LogP contribution in [0.4, 0.5) is 8.78 Å². The van der Waals surface area contributed by atoms with Crippen molar-refractivity contribution in [2.45, 2.75) is 18.8 Å². The summed E-state index contributed by atoms with van der Waals surface area (Å²) in [6, 6.07) is 2.03. The smallest absolute Gasteiger partial charge is 0.306 e. The second kappa shape index (κ2) is 7.85. The average Bonchev–Trinajstić information content (AvgIpc) is 2.41. The van der Waals surface area contributed by atoms with Crippen LogP contribution in [0.5, 0.6) is 0 Å². The summed E-state index contributed by atoms with van der Waals surface area (Å²) < 4.78 is 58.8. The number of ether oxygens (including phenoxy) is 1. The maximum absolute atomic E-state index is 14.0. The molecule has 0 fully saturated rings. The van der Waals surface area contributed by atoms with Crippen molar-refractivity contribution in [2.75, 3.05) is 20.0 Å². The molecule has 0 saturated heterocycles. The third-order valence-corrected chi connectivity index (χ3v) is 3.78. The number of methoxy groups -OCH3 is 1. The fourth-order valence-corrected chi connectivity index (χ4v) is 2.46. The van der Waals surface area contributed by atoms with E-state index in [4.69, 9.17) is 11.6 Å². The Morgan fingerprint density at radius 1 is 1.36 bits per heavy atom. The summed E-state index contributed by atoms with van der Waals surface area (Å²) >= 11 is 5.62. The number of carbonyl (C=O) groups excluding carboxylic acids is 1. The normalized spacial score (nSPS) is 13.0. The number of esters is 1. The highest BCUT2D eigenvalue weighted by molar-refractivity contribution is 7.85. The molecule has 1 unspecified atom stereocenters. The predicted molar refractivity (Wildman–Crippen MR) is 76.2 cm³/mol. The van der Waals surface area contributed by atoms with Crippen LogP contribution in [0.15, 0.2) is 12.1 Å². The number of rotatable bonds is 7. The van der Waals surface area contributed by atoms with Crippen molar-refractivity contribution in [3.8, 4) is 0 Å². The molecule has 0 aliphatic rings. The Hall–Kier alpha value is -1.25. The molecular weight excluding hydrogens is 342 g/mol. The molecule has 124 valence electrons. The molecular formula is C13H15ClF2O5S. The third-order valence-electron chi connectivity index (χ3n) is 2.89. The second-order valence-corrected chi connectivity index (χ2v) is 6.60. The fraction of sp³-hybridized carbons (Fsp3) is 0.462. The first-order chi connectivity index (χ1) is 10.2. The van der Waals surface area contributed by atoms with Gasteiger partial charge in [0.05, 0.1) is 31.4 Å². The summed E-state index contributed by atoms with van der Waals surface area (Å²) in [7, 11) is -2.56.